The maximum atomic E-state index is 11.4. The predicted octanol–water partition coefficient (Wildman–Crippen LogP) is 2.21. The monoisotopic (exact) mass is 312 g/mol. The lowest BCUT2D eigenvalue weighted by Gasteiger charge is -2.07. The van der Waals surface area contributed by atoms with Crippen molar-refractivity contribution in [2.45, 2.75) is 23.8 Å². The van der Waals surface area contributed by atoms with E-state index in [-0.39, 0.29) is 0 Å². The van der Waals surface area contributed by atoms with Crippen molar-refractivity contribution in [3.05, 3.63) is 40.9 Å². The lowest BCUT2D eigenvalue weighted by Crippen LogP contribution is -2.03. The summed E-state index contributed by atoms with van der Waals surface area (Å²) in [4.78, 5) is 5.18. The van der Waals surface area contributed by atoms with Crippen LogP contribution in [0.4, 0.5) is 5.82 Å². The Labute approximate surface area is 122 Å². The molecule has 7 heteroatoms. The zero-order chi connectivity index (χ0) is 14.8. The Morgan fingerprint density at radius 1 is 1.35 bits per heavy atom. The maximum Gasteiger partial charge on any atom is 0.184 e. The zero-order valence-corrected chi connectivity index (χ0v) is 12.8. The Hall–Kier alpha value is -1.44. The molecule has 20 heavy (non-hydrogen) atoms. The van der Waals surface area contributed by atoms with Crippen LogP contribution >= 0.6 is 11.3 Å². The number of thiophene rings is 1. The molecule has 108 valence electrons. The number of hydrogen-bond acceptors (Lipinski definition) is 6. The molecule has 2 N–H and O–H groups in total. The maximum absolute atomic E-state index is 11.4. The summed E-state index contributed by atoms with van der Waals surface area (Å²) in [7, 11) is -3.14. The first-order chi connectivity index (χ1) is 9.36. The molecule has 1 atom stereocenters. The molecular formula is C13H16N2O3S2. The van der Waals surface area contributed by atoms with Crippen LogP contribution in [0.25, 0.3) is 0 Å². The summed E-state index contributed by atoms with van der Waals surface area (Å²) in [6.07, 6.45) is 0.583. The summed E-state index contributed by atoms with van der Waals surface area (Å²) < 4.78 is 23.1. The van der Waals surface area contributed by atoms with E-state index in [1.54, 1.807) is 31.2 Å². The minimum absolute atomic E-state index is 0.361. The first-order valence-electron chi connectivity index (χ1n) is 6.04. The molecule has 0 spiro atoms. The molecule has 0 aliphatic rings. The van der Waals surface area contributed by atoms with Gasteiger partial charge in [0.25, 0.3) is 0 Å². The second kappa shape index (κ2) is 5.90. The molecule has 0 bridgehead atoms. The number of rotatable bonds is 5. The highest BCUT2D eigenvalue weighted by Gasteiger charge is 2.10. The van der Waals surface area contributed by atoms with Crippen molar-refractivity contribution >= 4 is 27.0 Å². The molecule has 0 aliphatic carbocycles. The van der Waals surface area contributed by atoms with Gasteiger partial charge in [0.2, 0.25) is 0 Å². The fraction of sp³-hybridized carbons (Fsp3) is 0.308. The minimum Gasteiger partial charge on any atom is -0.387 e. The van der Waals surface area contributed by atoms with E-state index in [0.29, 0.717) is 22.3 Å². The van der Waals surface area contributed by atoms with E-state index in [2.05, 4.69) is 10.3 Å². The van der Waals surface area contributed by atoms with Gasteiger partial charge in [-0.3, -0.25) is 0 Å². The van der Waals surface area contributed by atoms with Gasteiger partial charge in [0, 0.05) is 11.1 Å². The molecule has 0 saturated carbocycles. The number of anilines is 1. The van der Waals surface area contributed by atoms with Crippen molar-refractivity contribution in [2.24, 2.45) is 0 Å². The first kappa shape index (κ1) is 15.0. The lowest BCUT2D eigenvalue weighted by atomic mass is 10.2. The standard InChI is InChI=1S/C13H16N2O3S2/c1-9(16)11-4-3-5-12(15-11)14-8-10-6-7-13(19-10)20(2,17)18/h3-7,9,16H,8H2,1-2H3,(H,14,15). The van der Waals surface area contributed by atoms with E-state index in [1.165, 1.54) is 17.6 Å². The van der Waals surface area contributed by atoms with Gasteiger partial charge in [0.1, 0.15) is 10.0 Å². The molecular weight excluding hydrogens is 296 g/mol. The fourth-order valence-electron chi connectivity index (χ4n) is 1.61. The lowest BCUT2D eigenvalue weighted by molar-refractivity contribution is 0.194. The number of sulfone groups is 1. The van der Waals surface area contributed by atoms with Gasteiger partial charge in [-0.05, 0) is 31.2 Å². The van der Waals surface area contributed by atoms with Gasteiger partial charge in [0.15, 0.2) is 9.84 Å². The van der Waals surface area contributed by atoms with E-state index >= 15 is 0 Å². The Bertz CT molecular complexity index is 693. The largest absolute Gasteiger partial charge is 0.387 e. The Morgan fingerprint density at radius 3 is 2.70 bits per heavy atom. The number of aliphatic hydroxyl groups excluding tert-OH is 1. The number of aromatic nitrogens is 1. The highest BCUT2D eigenvalue weighted by Crippen LogP contribution is 2.22. The molecule has 0 aromatic carbocycles. The van der Waals surface area contributed by atoms with Crippen molar-refractivity contribution in [2.75, 3.05) is 11.6 Å². The van der Waals surface area contributed by atoms with Crippen LogP contribution in [0.3, 0.4) is 0 Å². The minimum atomic E-state index is -3.14. The van der Waals surface area contributed by atoms with Gasteiger partial charge >= 0.3 is 0 Å². The number of hydrogen-bond donors (Lipinski definition) is 2. The van der Waals surface area contributed by atoms with Crippen molar-refractivity contribution in [1.29, 1.82) is 0 Å². The van der Waals surface area contributed by atoms with Crippen molar-refractivity contribution < 1.29 is 13.5 Å². The molecule has 2 rings (SSSR count). The van der Waals surface area contributed by atoms with E-state index in [9.17, 15) is 13.5 Å². The topological polar surface area (TPSA) is 79.3 Å². The van der Waals surface area contributed by atoms with Crippen LogP contribution in [0.15, 0.2) is 34.5 Å². The van der Waals surface area contributed by atoms with Gasteiger partial charge in [0.05, 0.1) is 18.3 Å². The fourth-order valence-corrected chi connectivity index (χ4v) is 3.53. The van der Waals surface area contributed by atoms with Gasteiger partial charge in [-0.1, -0.05) is 6.07 Å². The first-order valence-corrected chi connectivity index (χ1v) is 8.75. The van der Waals surface area contributed by atoms with Crippen molar-refractivity contribution in [3.8, 4) is 0 Å². The molecule has 2 aromatic rings. The number of nitrogens with one attached hydrogen (secondary N) is 1. The second-order valence-corrected chi connectivity index (χ2v) is 7.88. The van der Waals surface area contributed by atoms with E-state index in [4.69, 9.17) is 0 Å². The van der Waals surface area contributed by atoms with Gasteiger partial charge in [-0.25, -0.2) is 13.4 Å². The highest BCUT2D eigenvalue weighted by molar-refractivity contribution is 7.92. The smallest absolute Gasteiger partial charge is 0.184 e. The molecule has 0 aliphatic heterocycles. The molecule has 0 amide bonds. The summed E-state index contributed by atoms with van der Waals surface area (Å²) >= 11 is 1.24. The average molecular weight is 312 g/mol. The van der Waals surface area contributed by atoms with Crippen LogP contribution in [-0.2, 0) is 16.4 Å². The summed E-state index contributed by atoms with van der Waals surface area (Å²) in [5.74, 6) is 0.651. The highest BCUT2D eigenvalue weighted by atomic mass is 32.2. The molecule has 0 radical (unpaired) electrons. The van der Waals surface area contributed by atoms with Gasteiger partial charge in [-0.15, -0.1) is 11.3 Å². The molecule has 0 fully saturated rings. The average Bonchev–Trinajstić information content (AvgIpc) is 2.85. The molecule has 1 unspecified atom stereocenters. The third-order valence-electron chi connectivity index (χ3n) is 2.64. The van der Waals surface area contributed by atoms with Crippen LogP contribution in [0.5, 0.6) is 0 Å². The third kappa shape index (κ3) is 3.78. The van der Waals surface area contributed by atoms with E-state index in [1.807, 2.05) is 6.07 Å². The molecule has 2 aromatic heterocycles. The Morgan fingerprint density at radius 2 is 2.10 bits per heavy atom. The van der Waals surface area contributed by atoms with Gasteiger partial charge < -0.3 is 10.4 Å². The van der Waals surface area contributed by atoms with Crippen molar-refractivity contribution in [1.82, 2.24) is 4.98 Å². The van der Waals surface area contributed by atoms with Crippen LogP contribution in [0, 0.1) is 0 Å². The quantitative estimate of drug-likeness (QED) is 0.885. The van der Waals surface area contributed by atoms with Crippen LogP contribution < -0.4 is 5.32 Å². The summed E-state index contributed by atoms with van der Waals surface area (Å²) in [5.41, 5.74) is 0.595. The second-order valence-electron chi connectivity index (χ2n) is 4.47. The van der Waals surface area contributed by atoms with E-state index in [0.717, 1.165) is 4.88 Å². The SMILES string of the molecule is CC(O)c1cccc(NCc2ccc(S(C)(=O)=O)s2)n1. The molecule has 5 nitrogen and oxygen atoms in total. The zero-order valence-electron chi connectivity index (χ0n) is 11.2. The summed E-state index contributed by atoms with van der Waals surface area (Å²) in [6, 6.07) is 8.76. The van der Waals surface area contributed by atoms with Crippen LogP contribution in [-0.4, -0.2) is 24.8 Å². The van der Waals surface area contributed by atoms with Crippen LogP contribution in [0.1, 0.15) is 23.6 Å². The van der Waals surface area contributed by atoms with Gasteiger partial charge in [-0.2, -0.15) is 0 Å². The van der Waals surface area contributed by atoms with Crippen LogP contribution in [0.2, 0.25) is 0 Å². The third-order valence-corrected chi connectivity index (χ3v) is 5.55. The molecule has 2 heterocycles. The summed E-state index contributed by atoms with van der Waals surface area (Å²) in [5, 5.41) is 12.6. The molecule has 0 saturated heterocycles. The number of nitrogens with zero attached hydrogens (tertiary/aromatic N) is 1. The Balaban J connectivity index is 2.05. The number of aliphatic hydroxyl groups is 1. The predicted molar refractivity (Wildman–Crippen MR) is 79.6 cm³/mol. The number of pyridine rings is 1. The Kier molecular flexibility index (Phi) is 4.42. The van der Waals surface area contributed by atoms with Crippen molar-refractivity contribution in [3.63, 3.8) is 0 Å². The normalized spacial score (nSPS) is 13.2. The summed E-state index contributed by atoms with van der Waals surface area (Å²) in [6.45, 7) is 2.15. The van der Waals surface area contributed by atoms with E-state index < -0.39 is 15.9 Å².